The molecular weight excluding hydrogens is 344 g/mol. The molecule has 0 fully saturated rings. The summed E-state index contributed by atoms with van der Waals surface area (Å²) < 4.78 is 2.96. The molecule has 112 valence electrons. The highest BCUT2D eigenvalue weighted by Gasteiger charge is 2.18. The summed E-state index contributed by atoms with van der Waals surface area (Å²) in [7, 11) is 0. The van der Waals surface area contributed by atoms with E-state index in [0.717, 1.165) is 21.5 Å². The standard InChI is InChI=1S/C17H15BrN2O2/c1-17(2)9-7-12-11-16(18)19(15(12)8-10-17)13-3-5-14(6-4-13)20(21)22/h3-11H,1-2H3. The van der Waals surface area contributed by atoms with Crippen LogP contribution in [0.25, 0.3) is 17.8 Å². The van der Waals surface area contributed by atoms with Gasteiger partial charge < -0.3 is 4.57 Å². The van der Waals surface area contributed by atoms with Crippen LogP contribution in [0.4, 0.5) is 5.69 Å². The maximum atomic E-state index is 10.8. The number of nitro benzene ring substituents is 1. The van der Waals surface area contributed by atoms with Gasteiger partial charge in [-0.2, -0.15) is 0 Å². The second-order valence-corrected chi connectivity index (χ2v) is 6.72. The van der Waals surface area contributed by atoms with Crippen molar-refractivity contribution in [2.75, 3.05) is 0 Å². The van der Waals surface area contributed by atoms with Gasteiger partial charge in [0.2, 0.25) is 0 Å². The Bertz CT molecular complexity index is 799. The topological polar surface area (TPSA) is 48.1 Å². The van der Waals surface area contributed by atoms with Crippen LogP contribution >= 0.6 is 15.9 Å². The summed E-state index contributed by atoms with van der Waals surface area (Å²) in [6.07, 6.45) is 8.54. The number of hydrogen-bond donors (Lipinski definition) is 0. The van der Waals surface area contributed by atoms with Gasteiger partial charge in [0.1, 0.15) is 0 Å². The summed E-state index contributed by atoms with van der Waals surface area (Å²) in [6.45, 7) is 4.30. The van der Waals surface area contributed by atoms with Gasteiger partial charge in [0.05, 0.1) is 15.2 Å². The fourth-order valence-corrected chi connectivity index (χ4v) is 3.10. The van der Waals surface area contributed by atoms with E-state index in [1.54, 1.807) is 12.1 Å². The second kappa shape index (κ2) is 5.25. The Morgan fingerprint density at radius 1 is 1.14 bits per heavy atom. The Kier molecular flexibility index (Phi) is 3.53. The summed E-state index contributed by atoms with van der Waals surface area (Å²) in [5.74, 6) is 0. The predicted octanol–water partition coefficient (Wildman–Crippen LogP) is 5.21. The summed E-state index contributed by atoms with van der Waals surface area (Å²) in [5, 5.41) is 10.8. The molecule has 0 saturated carbocycles. The molecule has 5 heteroatoms. The molecule has 22 heavy (non-hydrogen) atoms. The minimum absolute atomic E-state index is 0.00575. The van der Waals surface area contributed by atoms with Gasteiger partial charge in [-0.15, -0.1) is 0 Å². The van der Waals surface area contributed by atoms with Crippen molar-refractivity contribution in [1.29, 1.82) is 0 Å². The number of fused-ring (bicyclic) bond motifs is 1. The van der Waals surface area contributed by atoms with Gasteiger partial charge in [-0.25, -0.2) is 0 Å². The smallest absolute Gasteiger partial charge is 0.269 e. The lowest BCUT2D eigenvalue weighted by Crippen LogP contribution is -2.01. The molecule has 0 radical (unpaired) electrons. The van der Waals surface area contributed by atoms with Gasteiger partial charge >= 0.3 is 0 Å². The van der Waals surface area contributed by atoms with Gasteiger partial charge in [0.25, 0.3) is 5.69 Å². The number of benzene rings is 1. The van der Waals surface area contributed by atoms with Crippen LogP contribution in [0.2, 0.25) is 0 Å². The molecule has 0 unspecified atom stereocenters. The van der Waals surface area contributed by atoms with Crippen LogP contribution in [0.15, 0.2) is 47.1 Å². The molecule has 4 nitrogen and oxygen atoms in total. The Morgan fingerprint density at radius 2 is 1.77 bits per heavy atom. The molecule has 1 aliphatic rings. The average molecular weight is 359 g/mol. The van der Waals surface area contributed by atoms with Crippen molar-refractivity contribution >= 4 is 33.8 Å². The highest BCUT2D eigenvalue weighted by molar-refractivity contribution is 9.10. The third kappa shape index (κ3) is 2.64. The molecular formula is C17H15BrN2O2. The van der Waals surface area contributed by atoms with Crippen LogP contribution in [0.3, 0.4) is 0 Å². The highest BCUT2D eigenvalue weighted by atomic mass is 79.9. The van der Waals surface area contributed by atoms with Crippen molar-refractivity contribution in [2.45, 2.75) is 13.8 Å². The van der Waals surface area contributed by atoms with Crippen LogP contribution < -0.4 is 0 Å². The van der Waals surface area contributed by atoms with Crippen LogP contribution in [-0.2, 0) is 0 Å². The summed E-state index contributed by atoms with van der Waals surface area (Å²) in [6, 6.07) is 8.62. The fourth-order valence-electron chi connectivity index (χ4n) is 2.45. The van der Waals surface area contributed by atoms with Crippen molar-refractivity contribution in [3.05, 3.63) is 68.5 Å². The van der Waals surface area contributed by atoms with E-state index in [1.165, 1.54) is 12.1 Å². The first-order valence-corrected chi connectivity index (χ1v) is 7.71. The van der Waals surface area contributed by atoms with Gasteiger partial charge in [0.15, 0.2) is 0 Å². The van der Waals surface area contributed by atoms with Crippen LogP contribution in [0.5, 0.6) is 0 Å². The molecule has 0 bridgehead atoms. The molecule has 0 amide bonds. The van der Waals surface area contributed by atoms with Gasteiger partial charge in [-0.3, -0.25) is 10.1 Å². The molecule has 0 spiro atoms. The number of hydrogen-bond acceptors (Lipinski definition) is 2. The summed E-state index contributed by atoms with van der Waals surface area (Å²) in [5.41, 5.74) is 3.16. The zero-order valence-corrected chi connectivity index (χ0v) is 13.9. The van der Waals surface area contributed by atoms with Crippen molar-refractivity contribution in [3.8, 4) is 5.69 Å². The van der Waals surface area contributed by atoms with Crippen molar-refractivity contribution in [3.63, 3.8) is 0 Å². The predicted molar refractivity (Wildman–Crippen MR) is 92.0 cm³/mol. The van der Waals surface area contributed by atoms with Gasteiger partial charge in [0, 0.05) is 28.8 Å². The number of halogens is 1. The lowest BCUT2D eigenvalue weighted by molar-refractivity contribution is -0.384. The Hall–Kier alpha value is -2.14. The van der Waals surface area contributed by atoms with Gasteiger partial charge in [-0.1, -0.05) is 32.1 Å². The maximum absolute atomic E-state index is 10.8. The zero-order valence-electron chi connectivity index (χ0n) is 12.3. The quantitative estimate of drug-likeness (QED) is 0.546. The average Bonchev–Trinajstić information content (AvgIpc) is 2.71. The SMILES string of the molecule is CC1(C)C=Cc2cc(Br)n(-c3ccc([N+](=O)[O-])cc3)c2C=C1. The normalized spacial score (nSPS) is 15.4. The lowest BCUT2D eigenvalue weighted by Gasteiger charge is -2.13. The second-order valence-electron chi connectivity index (χ2n) is 5.90. The molecule has 0 atom stereocenters. The monoisotopic (exact) mass is 358 g/mol. The summed E-state index contributed by atoms with van der Waals surface area (Å²) >= 11 is 3.58. The van der Waals surface area contributed by atoms with E-state index in [-0.39, 0.29) is 16.0 Å². The molecule has 3 rings (SSSR count). The molecule has 1 aromatic carbocycles. The number of allylic oxidation sites excluding steroid dienone is 2. The Morgan fingerprint density at radius 3 is 2.41 bits per heavy atom. The largest absolute Gasteiger partial charge is 0.304 e. The van der Waals surface area contributed by atoms with E-state index >= 15 is 0 Å². The van der Waals surface area contributed by atoms with Crippen molar-refractivity contribution < 1.29 is 4.92 Å². The number of non-ortho nitro benzene ring substituents is 1. The minimum Gasteiger partial charge on any atom is -0.304 e. The number of nitrogens with zero attached hydrogens (tertiary/aromatic N) is 2. The van der Waals surface area contributed by atoms with Crippen molar-refractivity contribution in [2.24, 2.45) is 5.41 Å². The van der Waals surface area contributed by atoms with E-state index in [1.807, 2.05) is 4.57 Å². The fraction of sp³-hybridized carbons (Fsp3) is 0.176. The summed E-state index contributed by atoms with van der Waals surface area (Å²) in [4.78, 5) is 10.4. The molecule has 2 aromatic rings. The molecule has 0 saturated heterocycles. The number of rotatable bonds is 2. The molecule has 0 aliphatic heterocycles. The van der Waals surface area contributed by atoms with Crippen LogP contribution in [0.1, 0.15) is 25.1 Å². The van der Waals surface area contributed by atoms with E-state index in [2.05, 4.69) is 60.1 Å². The molecule has 0 N–H and O–H groups in total. The number of aromatic nitrogens is 1. The first-order valence-electron chi connectivity index (χ1n) is 6.92. The first kappa shape index (κ1) is 14.8. The third-order valence-electron chi connectivity index (χ3n) is 3.71. The number of nitro groups is 1. The van der Waals surface area contributed by atoms with Crippen LogP contribution in [-0.4, -0.2) is 9.49 Å². The zero-order chi connectivity index (χ0) is 15.9. The van der Waals surface area contributed by atoms with Crippen molar-refractivity contribution in [1.82, 2.24) is 4.57 Å². The third-order valence-corrected chi connectivity index (χ3v) is 4.29. The van der Waals surface area contributed by atoms with E-state index in [4.69, 9.17) is 0 Å². The highest BCUT2D eigenvalue weighted by Crippen LogP contribution is 2.33. The maximum Gasteiger partial charge on any atom is 0.269 e. The molecule has 1 aliphatic carbocycles. The first-order chi connectivity index (χ1) is 10.4. The Labute approximate surface area is 137 Å². The van der Waals surface area contributed by atoms with E-state index in [9.17, 15) is 10.1 Å². The minimum atomic E-state index is -0.389. The molecule has 1 aromatic heterocycles. The van der Waals surface area contributed by atoms with Crippen LogP contribution in [0, 0.1) is 15.5 Å². The molecule has 1 heterocycles. The van der Waals surface area contributed by atoms with E-state index < -0.39 is 0 Å². The Balaban J connectivity index is 2.12. The van der Waals surface area contributed by atoms with Gasteiger partial charge in [-0.05, 0) is 40.2 Å². The lowest BCUT2D eigenvalue weighted by atomic mass is 9.93. The van der Waals surface area contributed by atoms with E-state index in [0.29, 0.717) is 0 Å².